The molecular weight excluding hydrogens is 256 g/mol. The first-order chi connectivity index (χ1) is 8.98. The monoisotopic (exact) mass is 280 g/mol. The summed E-state index contributed by atoms with van der Waals surface area (Å²) in [7, 11) is 11.2. The molecule has 2 amide bonds. The van der Waals surface area contributed by atoms with Gasteiger partial charge >= 0.3 is 0 Å². The summed E-state index contributed by atoms with van der Waals surface area (Å²) in [4.78, 5) is 23.9. The zero-order chi connectivity index (χ0) is 15.6. The molecule has 0 unspecified atom stereocenters. The van der Waals surface area contributed by atoms with Crippen molar-refractivity contribution in [2.75, 3.05) is 42.3 Å². The third-order valence-electron chi connectivity index (χ3n) is 2.28. The number of rotatable bonds is 4. The first-order valence-electron chi connectivity index (χ1n) is 6.36. The molecule has 0 saturated carbocycles. The lowest BCUT2D eigenvalue weighted by Gasteiger charge is -2.24. The van der Waals surface area contributed by atoms with Gasteiger partial charge < -0.3 is 0 Å². The third kappa shape index (κ3) is 5.38. The van der Waals surface area contributed by atoms with Gasteiger partial charge in [-0.15, -0.1) is 0 Å². The number of hydrogen-bond donors (Lipinski definition) is 2. The van der Waals surface area contributed by atoms with Crippen LogP contribution in [0.1, 0.15) is 20.7 Å². The predicted octanol–water partition coefficient (Wildman–Crippen LogP) is 0.389. The lowest BCUT2D eigenvalue weighted by Crippen LogP contribution is -2.51. The molecule has 0 aliphatic heterocycles. The van der Waals surface area contributed by atoms with Crippen LogP contribution in [-0.2, 0) is 0 Å². The number of nitrogens with one attached hydrogen (secondary N) is 2. The quantitative estimate of drug-likeness (QED) is 0.619. The first-order valence-corrected chi connectivity index (χ1v) is 6.36. The van der Waals surface area contributed by atoms with Gasteiger partial charge in [0, 0.05) is 11.1 Å². The maximum Gasteiger partial charge on any atom is 0.295 e. The van der Waals surface area contributed by atoms with E-state index in [0.29, 0.717) is 20.3 Å². The second kappa shape index (κ2) is 5.60. The molecule has 0 fully saturated rings. The molecule has 1 aromatic rings. The maximum absolute atomic E-state index is 11.9. The van der Waals surface area contributed by atoms with E-state index in [1.807, 2.05) is 42.3 Å². The van der Waals surface area contributed by atoms with Crippen molar-refractivity contribution in [3.05, 3.63) is 35.4 Å². The van der Waals surface area contributed by atoms with Crippen molar-refractivity contribution in [2.24, 2.45) is 0 Å². The summed E-state index contributed by atoms with van der Waals surface area (Å²) < 4.78 is 0.672. The average Bonchev–Trinajstić information content (AvgIpc) is 2.24. The van der Waals surface area contributed by atoms with Crippen molar-refractivity contribution >= 4 is 11.8 Å². The van der Waals surface area contributed by atoms with Crippen molar-refractivity contribution in [1.29, 1.82) is 0 Å². The van der Waals surface area contributed by atoms with Crippen LogP contribution in [0.15, 0.2) is 24.3 Å². The molecule has 0 heterocycles. The normalized spacial score (nSPS) is 11.9. The molecule has 0 aromatic heterocycles. The first kappa shape index (κ1) is 16.1. The summed E-state index contributed by atoms with van der Waals surface area (Å²) in [5, 5.41) is 0. The van der Waals surface area contributed by atoms with Crippen LogP contribution >= 0.6 is 0 Å². The van der Waals surface area contributed by atoms with Crippen molar-refractivity contribution in [2.45, 2.75) is 0 Å². The Morgan fingerprint density at radius 3 is 1.15 bits per heavy atom. The van der Waals surface area contributed by atoms with E-state index in [9.17, 15) is 9.59 Å². The Balaban J connectivity index is 2.79. The standard InChI is InChI=1S/C14H22N4O2/c1-17(2,3)15-13(19)11-7-9-12(10-8-11)14(20)16-18(4,5)6/h7-10H,1-6H3/p+2. The molecule has 6 nitrogen and oxygen atoms in total. The number of hydrogen-bond acceptors (Lipinski definition) is 2. The lowest BCUT2D eigenvalue weighted by molar-refractivity contribution is -0.905. The van der Waals surface area contributed by atoms with E-state index in [-0.39, 0.29) is 11.8 Å². The third-order valence-corrected chi connectivity index (χ3v) is 2.28. The van der Waals surface area contributed by atoms with Gasteiger partial charge in [0.05, 0.1) is 42.3 Å². The molecule has 110 valence electrons. The topological polar surface area (TPSA) is 58.2 Å². The van der Waals surface area contributed by atoms with Gasteiger partial charge in [-0.2, -0.15) is 10.9 Å². The van der Waals surface area contributed by atoms with Crippen molar-refractivity contribution < 1.29 is 18.8 Å². The second-order valence-electron chi connectivity index (χ2n) is 6.48. The zero-order valence-electron chi connectivity index (χ0n) is 13.0. The predicted molar refractivity (Wildman–Crippen MR) is 77.4 cm³/mol. The van der Waals surface area contributed by atoms with Crippen LogP contribution in [0.5, 0.6) is 0 Å². The van der Waals surface area contributed by atoms with Gasteiger partial charge in [0.25, 0.3) is 11.8 Å². The van der Waals surface area contributed by atoms with Crippen LogP contribution in [0, 0.1) is 0 Å². The molecule has 0 aliphatic carbocycles. The molecule has 6 heteroatoms. The van der Waals surface area contributed by atoms with Gasteiger partial charge in [-0.25, -0.2) is 9.18 Å². The van der Waals surface area contributed by atoms with E-state index in [1.54, 1.807) is 24.3 Å². The van der Waals surface area contributed by atoms with Crippen molar-refractivity contribution in [3.63, 3.8) is 0 Å². The van der Waals surface area contributed by atoms with E-state index in [0.717, 1.165) is 0 Å². The van der Waals surface area contributed by atoms with Gasteiger partial charge in [0.1, 0.15) is 0 Å². The molecule has 2 N–H and O–H groups in total. The lowest BCUT2D eigenvalue weighted by atomic mass is 10.1. The number of carbonyl (C=O) groups is 2. The maximum atomic E-state index is 11.9. The molecule has 20 heavy (non-hydrogen) atoms. The zero-order valence-corrected chi connectivity index (χ0v) is 13.0. The molecular formula is C14H24N4O2+2. The number of nitrogens with zero attached hydrogens (tertiary/aromatic N) is 2. The van der Waals surface area contributed by atoms with Crippen LogP contribution < -0.4 is 10.9 Å². The summed E-state index contributed by atoms with van der Waals surface area (Å²) in [6.45, 7) is 0. The van der Waals surface area contributed by atoms with Crippen LogP contribution in [0.2, 0.25) is 0 Å². The largest absolute Gasteiger partial charge is 0.295 e. The Bertz CT molecular complexity index is 448. The summed E-state index contributed by atoms with van der Waals surface area (Å²) in [6, 6.07) is 6.59. The average molecular weight is 280 g/mol. The number of benzene rings is 1. The molecule has 0 bridgehead atoms. The molecule has 0 aliphatic rings. The SMILES string of the molecule is C[N+](C)(C)NC(=O)c1ccc(C(=O)N[N+](C)(C)C)cc1. The molecule has 0 saturated heterocycles. The van der Waals surface area contributed by atoms with Crippen LogP contribution in [0.4, 0.5) is 0 Å². The minimum Gasteiger partial charge on any atom is -0.264 e. The van der Waals surface area contributed by atoms with Crippen molar-refractivity contribution in [3.8, 4) is 0 Å². The number of carbonyl (C=O) groups excluding carboxylic acids is 2. The van der Waals surface area contributed by atoms with Gasteiger partial charge in [-0.05, 0) is 24.3 Å². The van der Waals surface area contributed by atoms with E-state index >= 15 is 0 Å². The van der Waals surface area contributed by atoms with Gasteiger partial charge in [0.15, 0.2) is 0 Å². The Labute approximate surface area is 120 Å². The van der Waals surface area contributed by atoms with Crippen molar-refractivity contribution in [1.82, 2.24) is 10.9 Å². The second-order valence-corrected chi connectivity index (χ2v) is 6.48. The smallest absolute Gasteiger partial charge is 0.264 e. The van der Waals surface area contributed by atoms with Gasteiger partial charge in [-0.3, -0.25) is 9.59 Å². The minimum atomic E-state index is -0.170. The molecule has 1 aromatic carbocycles. The highest BCUT2D eigenvalue weighted by molar-refractivity contribution is 5.97. The molecule has 0 atom stereocenters. The van der Waals surface area contributed by atoms with E-state index < -0.39 is 0 Å². The van der Waals surface area contributed by atoms with Crippen LogP contribution in [0.25, 0.3) is 0 Å². The Morgan fingerprint density at radius 2 is 0.950 bits per heavy atom. The summed E-state index contributed by atoms with van der Waals surface area (Å²) in [6.07, 6.45) is 0. The van der Waals surface area contributed by atoms with E-state index in [2.05, 4.69) is 10.9 Å². The highest BCUT2D eigenvalue weighted by atomic mass is 16.2. The highest BCUT2D eigenvalue weighted by Gasteiger charge is 2.17. The fraction of sp³-hybridized carbons (Fsp3) is 0.429. The fourth-order valence-corrected chi connectivity index (χ4v) is 1.51. The summed E-state index contributed by atoms with van der Waals surface area (Å²) in [5.74, 6) is -0.341. The molecule has 0 spiro atoms. The Hall–Kier alpha value is -1.92. The number of amides is 2. The van der Waals surface area contributed by atoms with Gasteiger partial charge in [-0.1, -0.05) is 0 Å². The Morgan fingerprint density at radius 1 is 0.700 bits per heavy atom. The highest BCUT2D eigenvalue weighted by Crippen LogP contribution is 2.06. The van der Waals surface area contributed by atoms with Gasteiger partial charge in [0.2, 0.25) is 0 Å². The summed E-state index contributed by atoms with van der Waals surface area (Å²) in [5.41, 5.74) is 6.69. The summed E-state index contributed by atoms with van der Waals surface area (Å²) >= 11 is 0. The van der Waals surface area contributed by atoms with E-state index in [4.69, 9.17) is 0 Å². The van der Waals surface area contributed by atoms with Crippen LogP contribution in [0.3, 0.4) is 0 Å². The minimum absolute atomic E-state index is 0.170. The van der Waals surface area contributed by atoms with Crippen LogP contribution in [-0.4, -0.2) is 63.3 Å². The fourth-order valence-electron chi connectivity index (χ4n) is 1.51. The molecule has 1 rings (SSSR count). The van der Waals surface area contributed by atoms with E-state index in [1.165, 1.54) is 0 Å². The number of quaternary nitrogens is 2. The molecule has 0 radical (unpaired) electrons. The Kier molecular flexibility index (Phi) is 4.52.